The number of nitrogens with one attached hydrogen (secondary N) is 1. The number of halogens is 3. The topological polar surface area (TPSA) is 109 Å². The van der Waals surface area contributed by atoms with Crippen LogP contribution in [0.15, 0.2) is 42.5 Å². The number of imidazole rings is 1. The smallest absolute Gasteiger partial charge is 0.414 e. The summed E-state index contributed by atoms with van der Waals surface area (Å²) in [5.74, 6) is -0.271. The van der Waals surface area contributed by atoms with Crippen LogP contribution in [-0.2, 0) is 27.6 Å². The molecule has 0 saturated heterocycles. The molecule has 49 heavy (non-hydrogen) atoms. The lowest BCUT2D eigenvalue weighted by Gasteiger charge is -2.32. The third kappa shape index (κ3) is 8.42. The molecule has 2 aromatic carbocycles. The Balaban J connectivity index is 1.58. The van der Waals surface area contributed by atoms with Crippen molar-refractivity contribution in [2.75, 3.05) is 6.61 Å². The second-order valence-corrected chi connectivity index (χ2v) is 22.9. The van der Waals surface area contributed by atoms with E-state index in [1.807, 2.05) is 18.2 Å². The van der Waals surface area contributed by atoms with Crippen LogP contribution in [0.1, 0.15) is 91.6 Å². The maximum Gasteiger partial charge on any atom is 0.414 e. The number of carbonyl (C=O) groups excluding carboxylic acids is 2. The molecule has 5 rings (SSSR count). The molecular weight excluding hydrogens is 674 g/mol. The molecule has 1 fully saturated rings. The van der Waals surface area contributed by atoms with E-state index in [2.05, 4.69) is 24.4 Å². The fraction of sp³-hybridized carbons (Fsp3) is 0.571. The summed E-state index contributed by atoms with van der Waals surface area (Å²) in [6.45, 7) is 15.0. The van der Waals surface area contributed by atoms with Gasteiger partial charge in [-0.15, -0.1) is 4.72 Å². The van der Waals surface area contributed by atoms with E-state index < -0.39 is 54.7 Å². The zero-order valence-corrected chi connectivity index (χ0v) is 31.2. The van der Waals surface area contributed by atoms with Gasteiger partial charge in [0.05, 0.1) is 34.3 Å². The number of amides is 2. The van der Waals surface area contributed by atoms with E-state index in [1.54, 1.807) is 49.6 Å². The summed E-state index contributed by atoms with van der Waals surface area (Å²) < 4.78 is 70.1. The number of benzene rings is 2. The second kappa shape index (κ2) is 14.1. The lowest BCUT2D eigenvalue weighted by atomic mass is 10.00. The number of nitrogens with zero attached hydrogens (tertiary/aromatic N) is 3. The third-order valence-electron chi connectivity index (χ3n) is 8.95. The lowest BCUT2D eigenvalue weighted by Crippen LogP contribution is -2.47. The van der Waals surface area contributed by atoms with Gasteiger partial charge >= 0.3 is 6.18 Å². The molecule has 1 saturated carbocycles. The highest BCUT2D eigenvalue weighted by Gasteiger charge is 2.47. The summed E-state index contributed by atoms with van der Waals surface area (Å²) in [6, 6.07) is 11.7. The Morgan fingerprint density at radius 3 is 2.18 bits per heavy atom. The molecule has 1 aliphatic heterocycles. The van der Waals surface area contributed by atoms with Gasteiger partial charge in [-0.25, -0.2) is 4.98 Å². The number of rotatable bonds is 14. The summed E-state index contributed by atoms with van der Waals surface area (Å²) in [5.41, 5.74) is 2.65. The minimum Gasteiger partial charge on any atom is -0.598 e. The summed E-state index contributed by atoms with van der Waals surface area (Å²) in [5, 5.41) is 0. The van der Waals surface area contributed by atoms with Gasteiger partial charge in [0, 0.05) is 26.0 Å². The van der Waals surface area contributed by atoms with Crippen LogP contribution in [0.25, 0.3) is 11.0 Å². The van der Waals surface area contributed by atoms with Gasteiger partial charge in [-0.2, -0.15) is 13.2 Å². The van der Waals surface area contributed by atoms with Gasteiger partial charge in [0.2, 0.25) is 0 Å². The first-order chi connectivity index (χ1) is 22.8. The largest absolute Gasteiger partial charge is 0.598 e. The highest BCUT2D eigenvalue weighted by Crippen LogP contribution is 2.47. The molecule has 0 bridgehead atoms. The third-order valence-corrected chi connectivity index (χ3v) is 12.2. The highest BCUT2D eigenvalue weighted by atomic mass is 32.2. The maximum atomic E-state index is 13.6. The molecule has 0 unspecified atom stereocenters. The number of aromatic nitrogens is 2. The minimum atomic E-state index is -4.60. The van der Waals surface area contributed by atoms with Crippen molar-refractivity contribution in [3.05, 3.63) is 65.0 Å². The van der Waals surface area contributed by atoms with Crippen LogP contribution in [0.5, 0.6) is 0 Å². The van der Waals surface area contributed by atoms with Crippen molar-refractivity contribution in [3.8, 4) is 0 Å². The fourth-order valence-electron chi connectivity index (χ4n) is 5.89. The molecule has 268 valence electrons. The predicted molar refractivity (Wildman–Crippen MR) is 186 cm³/mol. The summed E-state index contributed by atoms with van der Waals surface area (Å²) >= 11 is -1.69. The standard InChI is InChI=1S/C35H47F3N4O5SSi/c1-21(47-22(2)35(36,37)38)29(40-48(45)34(3,4)5)31-39-27-19-24(15-16-28(27)41(31)20-46-17-18-49(6,7)8)30(23-13-14-23)42-32(43)25-11-9-10-12-26(25)33(42)44/h9-12,15-16,19,21-23,29-30,40H,13-14,17-18,20H2,1-8H3/t21-,22+,29+,30-,48-/m1/s1. The van der Waals surface area contributed by atoms with Gasteiger partial charge in [-0.1, -0.05) is 37.8 Å². The highest BCUT2D eigenvalue weighted by molar-refractivity contribution is 7.90. The molecule has 3 aromatic rings. The molecule has 2 amide bonds. The Kier molecular flexibility index (Phi) is 10.8. The zero-order chi connectivity index (χ0) is 36.1. The van der Waals surface area contributed by atoms with Crippen molar-refractivity contribution in [1.29, 1.82) is 0 Å². The molecule has 2 aliphatic rings. The van der Waals surface area contributed by atoms with Crippen molar-refractivity contribution < 1.29 is 36.8 Å². The van der Waals surface area contributed by atoms with E-state index in [-0.39, 0.29) is 24.5 Å². The summed E-state index contributed by atoms with van der Waals surface area (Å²) in [4.78, 5) is 33.4. The Morgan fingerprint density at radius 2 is 1.65 bits per heavy atom. The van der Waals surface area contributed by atoms with Crippen molar-refractivity contribution in [3.63, 3.8) is 0 Å². The summed E-state index contributed by atoms with van der Waals surface area (Å²) in [7, 11) is -1.43. The van der Waals surface area contributed by atoms with E-state index in [4.69, 9.17) is 14.5 Å². The van der Waals surface area contributed by atoms with Crippen LogP contribution >= 0.6 is 0 Å². The molecule has 5 atom stereocenters. The van der Waals surface area contributed by atoms with E-state index in [9.17, 15) is 27.3 Å². The van der Waals surface area contributed by atoms with Crippen LogP contribution in [0.4, 0.5) is 13.2 Å². The minimum absolute atomic E-state index is 0.0575. The van der Waals surface area contributed by atoms with Crippen molar-refractivity contribution in [2.45, 2.75) is 115 Å². The van der Waals surface area contributed by atoms with Crippen LogP contribution in [0.3, 0.4) is 0 Å². The number of alkyl halides is 3. The molecule has 2 heterocycles. The maximum absolute atomic E-state index is 13.6. The van der Waals surface area contributed by atoms with Crippen LogP contribution < -0.4 is 4.72 Å². The van der Waals surface area contributed by atoms with E-state index in [0.717, 1.165) is 31.4 Å². The van der Waals surface area contributed by atoms with Crippen LogP contribution in [0, 0.1) is 5.92 Å². The first-order valence-electron chi connectivity index (χ1n) is 16.7. The van der Waals surface area contributed by atoms with Crippen molar-refractivity contribution in [2.24, 2.45) is 5.92 Å². The predicted octanol–water partition coefficient (Wildman–Crippen LogP) is 7.54. The van der Waals surface area contributed by atoms with Gasteiger partial charge in [0.25, 0.3) is 11.8 Å². The molecule has 1 aromatic heterocycles. The quantitative estimate of drug-likeness (QED) is 0.0794. The number of carbonyl (C=O) groups is 2. The molecular formula is C35H47F3N4O5SSi. The summed E-state index contributed by atoms with van der Waals surface area (Å²) in [6.07, 6.45) is -6.06. The van der Waals surface area contributed by atoms with Gasteiger partial charge in [-0.05, 0) is 89.3 Å². The van der Waals surface area contributed by atoms with Crippen molar-refractivity contribution >= 4 is 42.3 Å². The Morgan fingerprint density at radius 1 is 1.04 bits per heavy atom. The van der Waals surface area contributed by atoms with Gasteiger partial charge in [0.1, 0.15) is 23.3 Å². The van der Waals surface area contributed by atoms with Crippen molar-refractivity contribution in [1.82, 2.24) is 19.2 Å². The van der Waals surface area contributed by atoms with Crippen LogP contribution in [-0.4, -0.2) is 68.6 Å². The van der Waals surface area contributed by atoms with E-state index in [1.165, 1.54) is 11.8 Å². The average molecular weight is 721 g/mol. The second-order valence-electron chi connectivity index (χ2n) is 15.3. The number of hydrogen-bond acceptors (Lipinski definition) is 7. The molecule has 1 N–H and O–H groups in total. The van der Waals surface area contributed by atoms with Gasteiger partial charge in [0.15, 0.2) is 6.10 Å². The number of fused-ring (bicyclic) bond motifs is 2. The molecule has 14 heteroatoms. The molecule has 9 nitrogen and oxygen atoms in total. The number of ether oxygens (including phenoxy) is 2. The van der Waals surface area contributed by atoms with Crippen LogP contribution in [0.2, 0.25) is 25.7 Å². The van der Waals surface area contributed by atoms with E-state index in [0.29, 0.717) is 34.6 Å². The molecule has 1 aliphatic carbocycles. The Bertz CT molecular complexity index is 1650. The van der Waals surface area contributed by atoms with Gasteiger partial charge < -0.3 is 18.6 Å². The monoisotopic (exact) mass is 720 g/mol. The Hall–Kier alpha value is -2.75. The number of hydrogen-bond donors (Lipinski definition) is 1. The Labute approximate surface area is 290 Å². The lowest BCUT2D eigenvalue weighted by molar-refractivity contribution is -0.227. The SMILES string of the molecule is C[C@H](O[C@H](C)[C@H](N[S@+]([O-])C(C)(C)C)c1nc2cc([C@@H](C3CC3)N3C(=O)c4ccccc4C3=O)ccc2n1COCC[Si](C)(C)C)C(F)(F)F. The van der Waals surface area contributed by atoms with E-state index >= 15 is 0 Å². The number of imide groups is 1. The zero-order valence-electron chi connectivity index (χ0n) is 29.4. The molecule has 0 radical (unpaired) electrons. The average Bonchev–Trinajstić information content (AvgIpc) is 3.73. The first-order valence-corrected chi connectivity index (χ1v) is 21.6. The normalized spacial score (nSPS) is 18.9. The molecule has 0 spiro atoms. The van der Waals surface area contributed by atoms with Gasteiger partial charge in [-0.3, -0.25) is 14.5 Å². The fourth-order valence-corrected chi connectivity index (χ4v) is 7.53. The first kappa shape index (κ1) is 37.5.